The molecule has 0 unspecified atom stereocenters. The molecule has 0 aliphatic heterocycles. The first kappa shape index (κ1) is 17.0. The molecular formula is C14H16Cl2N4OS. The number of aromatic nitrogens is 2. The lowest BCUT2D eigenvalue weighted by atomic mass is 10.2. The molecule has 0 fully saturated rings. The van der Waals surface area contributed by atoms with Gasteiger partial charge in [-0.05, 0) is 31.0 Å². The van der Waals surface area contributed by atoms with Crippen molar-refractivity contribution in [2.24, 2.45) is 0 Å². The number of hydrogen-bond acceptors (Lipinski definition) is 5. The highest BCUT2D eigenvalue weighted by Gasteiger charge is 2.18. The monoisotopic (exact) mass is 358 g/mol. The predicted molar refractivity (Wildman–Crippen MR) is 92.1 cm³/mol. The summed E-state index contributed by atoms with van der Waals surface area (Å²) in [5.74, 6) is -0.169. The fourth-order valence-corrected chi connectivity index (χ4v) is 3.04. The van der Waals surface area contributed by atoms with Gasteiger partial charge in [-0.15, -0.1) is 10.2 Å². The summed E-state index contributed by atoms with van der Waals surface area (Å²) in [5, 5.41) is 16.2. The maximum Gasteiger partial charge on any atom is 0.248 e. The van der Waals surface area contributed by atoms with Crippen LogP contribution >= 0.6 is 34.5 Å². The van der Waals surface area contributed by atoms with Crippen LogP contribution in [0.4, 0.5) is 10.8 Å². The molecule has 0 bridgehead atoms. The fraction of sp³-hybridized carbons (Fsp3) is 0.357. The molecule has 8 heteroatoms. The fourth-order valence-electron chi connectivity index (χ4n) is 1.83. The second-order valence-corrected chi connectivity index (χ2v) is 6.54. The Morgan fingerprint density at radius 1 is 1.23 bits per heavy atom. The van der Waals surface area contributed by atoms with E-state index in [1.54, 1.807) is 18.2 Å². The van der Waals surface area contributed by atoms with E-state index in [4.69, 9.17) is 23.2 Å². The maximum absolute atomic E-state index is 12.3. The van der Waals surface area contributed by atoms with E-state index in [0.29, 0.717) is 27.3 Å². The summed E-state index contributed by atoms with van der Waals surface area (Å²) in [6.45, 7) is 3.91. The number of carbonyl (C=O) groups is 1. The quantitative estimate of drug-likeness (QED) is 0.810. The second kappa shape index (κ2) is 7.76. The molecular weight excluding hydrogens is 343 g/mol. The van der Waals surface area contributed by atoms with Crippen molar-refractivity contribution in [1.82, 2.24) is 10.2 Å². The van der Waals surface area contributed by atoms with Crippen LogP contribution in [0.5, 0.6) is 0 Å². The van der Waals surface area contributed by atoms with Crippen LogP contribution in [0, 0.1) is 0 Å². The minimum Gasteiger partial charge on any atom is -0.374 e. The molecule has 2 N–H and O–H groups in total. The molecule has 118 valence electrons. The number of halogens is 2. The van der Waals surface area contributed by atoms with Crippen LogP contribution in [0.2, 0.25) is 10.0 Å². The first-order valence-corrected chi connectivity index (χ1v) is 8.45. The smallest absolute Gasteiger partial charge is 0.248 e. The molecule has 0 saturated carbocycles. The topological polar surface area (TPSA) is 66.9 Å². The molecule has 2 rings (SSSR count). The number of aryl methyl sites for hydroxylation is 1. The van der Waals surface area contributed by atoms with Crippen LogP contribution in [-0.4, -0.2) is 22.1 Å². The Balaban J connectivity index is 2.05. The lowest BCUT2D eigenvalue weighted by Gasteiger charge is -2.17. The standard InChI is InChI=1S/C14H16Cl2N4OS/c1-3-11(17-10-6-8(15)5-9(16)7-10)13(21)18-14-20-19-12(4-2)22-14/h5-7,11,17H,3-4H2,1-2H3,(H,18,20,21)/t11-/m1/s1. The zero-order valence-corrected chi connectivity index (χ0v) is 14.5. The molecule has 2 aromatic rings. The highest BCUT2D eigenvalue weighted by molar-refractivity contribution is 7.15. The first-order chi connectivity index (χ1) is 10.5. The van der Waals surface area contributed by atoms with Gasteiger partial charge in [-0.2, -0.15) is 0 Å². The van der Waals surface area contributed by atoms with Crippen LogP contribution in [0.15, 0.2) is 18.2 Å². The highest BCUT2D eigenvalue weighted by Crippen LogP contribution is 2.23. The third kappa shape index (κ3) is 4.56. The largest absolute Gasteiger partial charge is 0.374 e. The maximum atomic E-state index is 12.3. The number of nitrogens with zero attached hydrogens (tertiary/aromatic N) is 2. The lowest BCUT2D eigenvalue weighted by Crippen LogP contribution is -2.34. The zero-order chi connectivity index (χ0) is 16.1. The summed E-state index contributed by atoms with van der Waals surface area (Å²) in [5.41, 5.74) is 0.700. The third-order valence-corrected chi connectivity index (χ3v) is 4.35. The van der Waals surface area contributed by atoms with Gasteiger partial charge >= 0.3 is 0 Å². The summed E-state index contributed by atoms with van der Waals surface area (Å²) >= 11 is 13.3. The molecule has 0 radical (unpaired) electrons. The van der Waals surface area contributed by atoms with Gasteiger partial charge in [-0.25, -0.2) is 0 Å². The van der Waals surface area contributed by atoms with Crippen LogP contribution in [0.1, 0.15) is 25.3 Å². The molecule has 1 amide bonds. The van der Waals surface area contributed by atoms with Gasteiger partial charge in [-0.1, -0.05) is 48.4 Å². The van der Waals surface area contributed by atoms with Crippen molar-refractivity contribution in [3.8, 4) is 0 Å². The van der Waals surface area contributed by atoms with Gasteiger partial charge in [0.15, 0.2) is 0 Å². The Bertz CT molecular complexity index is 642. The Hall–Kier alpha value is -1.37. The van der Waals surface area contributed by atoms with Crippen molar-refractivity contribution in [2.45, 2.75) is 32.7 Å². The van der Waals surface area contributed by atoms with E-state index < -0.39 is 6.04 Å². The minimum atomic E-state index is -0.413. The Morgan fingerprint density at radius 3 is 2.45 bits per heavy atom. The van der Waals surface area contributed by atoms with Crippen molar-refractivity contribution in [3.05, 3.63) is 33.3 Å². The molecule has 1 aromatic heterocycles. The van der Waals surface area contributed by atoms with E-state index in [1.165, 1.54) is 11.3 Å². The molecule has 1 aromatic carbocycles. The van der Waals surface area contributed by atoms with E-state index >= 15 is 0 Å². The normalized spacial score (nSPS) is 12.0. The number of amides is 1. The Kier molecular flexibility index (Phi) is 5.99. The lowest BCUT2D eigenvalue weighted by molar-refractivity contribution is -0.117. The summed E-state index contributed by atoms with van der Waals surface area (Å²) < 4.78 is 0. The molecule has 0 aliphatic rings. The van der Waals surface area contributed by atoms with Gasteiger partial charge < -0.3 is 5.32 Å². The first-order valence-electron chi connectivity index (χ1n) is 6.87. The van der Waals surface area contributed by atoms with E-state index in [-0.39, 0.29) is 5.91 Å². The molecule has 22 heavy (non-hydrogen) atoms. The van der Waals surface area contributed by atoms with Gasteiger partial charge in [0.25, 0.3) is 0 Å². The van der Waals surface area contributed by atoms with Crippen molar-refractivity contribution >= 4 is 51.3 Å². The minimum absolute atomic E-state index is 0.169. The zero-order valence-electron chi connectivity index (χ0n) is 12.2. The molecule has 0 saturated heterocycles. The van der Waals surface area contributed by atoms with Crippen molar-refractivity contribution in [1.29, 1.82) is 0 Å². The number of benzene rings is 1. The van der Waals surface area contributed by atoms with Crippen LogP contribution in [0.3, 0.4) is 0 Å². The molecule has 5 nitrogen and oxygen atoms in total. The van der Waals surface area contributed by atoms with Crippen molar-refractivity contribution in [3.63, 3.8) is 0 Å². The summed E-state index contributed by atoms with van der Waals surface area (Å²) in [4.78, 5) is 12.3. The molecule has 0 aliphatic carbocycles. The predicted octanol–water partition coefficient (Wildman–Crippen LogP) is 4.24. The van der Waals surface area contributed by atoms with Crippen LogP contribution < -0.4 is 10.6 Å². The number of rotatable bonds is 6. The third-order valence-electron chi connectivity index (χ3n) is 2.93. The van der Waals surface area contributed by atoms with Crippen LogP contribution in [-0.2, 0) is 11.2 Å². The van der Waals surface area contributed by atoms with E-state index in [9.17, 15) is 4.79 Å². The van der Waals surface area contributed by atoms with Gasteiger partial charge in [0.1, 0.15) is 11.0 Å². The van der Waals surface area contributed by atoms with Gasteiger partial charge in [0.2, 0.25) is 11.0 Å². The summed E-state index contributed by atoms with van der Waals surface area (Å²) in [6.07, 6.45) is 1.40. The average Bonchev–Trinajstić information content (AvgIpc) is 2.91. The SMILES string of the molecule is CCc1nnc(NC(=O)[C@@H](CC)Nc2cc(Cl)cc(Cl)c2)s1. The van der Waals surface area contributed by atoms with Gasteiger partial charge in [0, 0.05) is 15.7 Å². The highest BCUT2D eigenvalue weighted by atomic mass is 35.5. The van der Waals surface area contributed by atoms with E-state index in [2.05, 4.69) is 20.8 Å². The summed E-state index contributed by atoms with van der Waals surface area (Å²) in [7, 11) is 0. The van der Waals surface area contributed by atoms with E-state index in [0.717, 1.165) is 11.4 Å². The van der Waals surface area contributed by atoms with E-state index in [1.807, 2.05) is 13.8 Å². The average molecular weight is 359 g/mol. The molecule has 1 atom stereocenters. The molecule has 0 spiro atoms. The Labute approximate surface area is 143 Å². The number of hydrogen-bond donors (Lipinski definition) is 2. The number of carbonyl (C=O) groups excluding carboxylic acids is 1. The second-order valence-electron chi connectivity index (χ2n) is 4.61. The Morgan fingerprint density at radius 2 is 1.91 bits per heavy atom. The number of anilines is 2. The number of nitrogens with one attached hydrogen (secondary N) is 2. The summed E-state index contributed by atoms with van der Waals surface area (Å²) in [6, 6.07) is 4.68. The van der Waals surface area contributed by atoms with Crippen molar-refractivity contribution in [2.75, 3.05) is 10.6 Å². The van der Waals surface area contributed by atoms with Crippen molar-refractivity contribution < 1.29 is 4.79 Å². The van der Waals surface area contributed by atoms with Gasteiger partial charge in [0.05, 0.1) is 0 Å². The molecule has 1 heterocycles. The van der Waals surface area contributed by atoms with Crippen LogP contribution in [0.25, 0.3) is 0 Å². The van der Waals surface area contributed by atoms with Gasteiger partial charge in [-0.3, -0.25) is 10.1 Å².